The van der Waals surface area contributed by atoms with Gasteiger partial charge in [0.15, 0.2) is 6.10 Å². The lowest BCUT2D eigenvalue weighted by atomic mass is 9.86. The number of alkyl halides is 3. The van der Waals surface area contributed by atoms with Crippen LogP contribution in [0.2, 0.25) is 0 Å². The summed E-state index contributed by atoms with van der Waals surface area (Å²) in [7, 11) is 0. The lowest BCUT2D eigenvalue weighted by Crippen LogP contribution is -2.29. The van der Waals surface area contributed by atoms with Crippen LogP contribution >= 0.6 is 0 Å². The predicted octanol–water partition coefficient (Wildman–Crippen LogP) is 6.68. The van der Waals surface area contributed by atoms with Crippen molar-refractivity contribution < 1.29 is 36.6 Å². The lowest BCUT2D eigenvalue weighted by molar-refractivity contribution is -0.156. The molecule has 0 aliphatic heterocycles. The van der Waals surface area contributed by atoms with E-state index in [4.69, 9.17) is 18.6 Å². The smallest absolute Gasteiger partial charge is 0.416 e. The Kier molecular flexibility index (Phi) is 9.32. The summed E-state index contributed by atoms with van der Waals surface area (Å²) in [5.41, 5.74) is 3.93. The highest BCUT2D eigenvalue weighted by molar-refractivity contribution is 5.75. The first kappa shape index (κ1) is 28.7. The molecule has 9 heteroatoms. The Bertz CT molecular complexity index is 1270. The number of halogens is 3. The molecule has 1 heterocycles. The molecule has 0 amide bonds. The number of esters is 1. The van der Waals surface area contributed by atoms with E-state index in [1.54, 1.807) is 13.8 Å². The summed E-state index contributed by atoms with van der Waals surface area (Å²) in [6.45, 7) is 6.53. The van der Waals surface area contributed by atoms with Crippen LogP contribution in [0.1, 0.15) is 60.4 Å². The first-order chi connectivity index (χ1) is 18.7. The minimum atomic E-state index is -4.39. The molecule has 1 aliphatic rings. The van der Waals surface area contributed by atoms with E-state index in [0.717, 1.165) is 49.1 Å². The summed E-state index contributed by atoms with van der Waals surface area (Å²) in [5, 5.41) is 0. The molecule has 0 fully saturated rings. The molecule has 1 aromatic heterocycles. The Hall–Kier alpha value is -3.33. The van der Waals surface area contributed by atoms with Crippen molar-refractivity contribution in [2.45, 2.75) is 71.6 Å². The molecular weight excluding hydrogens is 511 g/mol. The molecule has 0 bridgehead atoms. The zero-order valence-corrected chi connectivity index (χ0v) is 22.5. The van der Waals surface area contributed by atoms with Crippen molar-refractivity contribution in [1.82, 2.24) is 4.98 Å². The van der Waals surface area contributed by atoms with Gasteiger partial charge in [-0.2, -0.15) is 13.2 Å². The quantitative estimate of drug-likeness (QED) is 0.250. The molecule has 1 atom stereocenters. The molecule has 6 nitrogen and oxygen atoms in total. The van der Waals surface area contributed by atoms with Gasteiger partial charge in [-0.15, -0.1) is 0 Å². The van der Waals surface area contributed by atoms with Gasteiger partial charge in [-0.1, -0.05) is 6.07 Å². The second-order valence-electron chi connectivity index (χ2n) is 9.48. The van der Waals surface area contributed by atoms with E-state index >= 15 is 0 Å². The van der Waals surface area contributed by atoms with Gasteiger partial charge in [-0.05, 0) is 93.5 Å². The minimum absolute atomic E-state index is 0.281. The van der Waals surface area contributed by atoms with Gasteiger partial charge in [-0.25, -0.2) is 9.78 Å². The molecule has 4 rings (SSSR count). The summed E-state index contributed by atoms with van der Waals surface area (Å²) in [6, 6.07) is 8.73. The number of fused-ring (bicyclic) bond motifs is 1. The molecule has 2 aromatic carbocycles. The van der Waals surface area contributed by atoms with Crippen molar-refractivity contribution in [2.75, 3.05) is 19.8 Å². The topological polar surface area (TPSA) is 70.8 Å². The van der Waals surface area contributed by atoms with Crippen LogP contribution in [0.4, 0.5) is 13.2 Å². The summed E-state index contributed by atoms with van der Waals surface area (Å²) >= 11 is 0. The number of oxazole rings is 1. The zero-order chi connectivity index (χ0) is 28.0. The van der Waals surface area contributed by atoms with Crippen molar-refractivity contribution in [3.05, 3.63) is 70.1 Å². The van der Waals surface area contributed by atoms with Crippen LogP contribution in [0.25, 0.3) is 11.5 Å². The molecular formula is C30H34F3NO5. The molecule has 39 heavy (non-hydrogen) atoms. The molecule has 1 unspecified atom stereocenters. The Balaban J connectivity index is 1.44. The number of rotatable bonds is 11. The van der Waals surface area contributed by atoms with Gasteiger partial charge in [0.1, 0.15) is 11.5 Å². The maximum atomic E-state index is 12.9. The molecule has 0 spiro atoms. The van der Waals surface area contributed by atoms with E-state index in [9.17, 15) is 18.0 Å². The number of hydrogen-bond donors (Lipinski definition) is 0. The minimum Gasteiger partial charge on any atom is -0.493 e. The molecule has 3 aromatic rings. The fourth-order valence-electron chi connectivity index (χ4n) is 4.92. The molecule has 0 N–H and O–H groups in total. The number of benzene rings is 2. The standard InChI is InChI=1S/C30H34F3NO5/c1-4-36-27(29(35)37-5-2)18-21-12-15-26(24-9-7-6-8-23(21)24)38-17-16-25-19(3)39-28(34-25)20-10-13-22(14-11-20)30(31,32)33/h10-15,27H,4-9,16-18H2,1-3H3. The fraction of sp³-hybridized carbons (Fsp3) is 0.467. The second-order valence-corrected chi connectivity index (χ2v) is 9.48. The Morgan fingerprint density at radius 1 is 1.03 bits per heavy atom. The number of nitrogens with zero attached hydrogens (tertiary/aromatic N) is 1. The van der Waals surface area contributed by atoms with E-state index < -0.39 is 17.8 Å². The molecule has 0 saturated carbocycles. The molecule has 210 valence electrons. The van der Waals surface area contributed by atoms with Crippen LogP contribution in [0.3, 0.4) is 0 Å². The second kappa shape index (κ2) is 12.7. The average molecular weight is 546 g/mol. The van der Waals surface area contributed by atoms with E-state index in [2.05, 4.69) is 4.98 Å². The average Bonchev–Trinajstić information content (AvgIpc) is 3.29. The molecule has 0 saturated heterocycles. The third kappa shape index (κ3) is 7.01. The maximum absolute atomic E-state index is 12.9. The third-order valence-electron chi connectivity index (χ3n) is 6.86. The van der Waals surface area contributed by atoms with Crippen LogP contribution in [-0.4, -0.2) is 36.9 Å². The van der Waals surface area contributed by atoms with E-state index in [0.29, 0.717) is 49.7 Å². The number of carbonyl (C=O) groups excluding carboxylic acids is 1. The molecule has 1 aliphatic carbocycles. The van der Waals surface area contributed by atoms with E-state index in [-0.39, 0.29) is 11.9 Å². The van der Waals surface area contributed by atoms with Gasteiger partial charge in [-0.3, -0.25) is 0 Å². The van der Waals surface area contributed by atoms with Gasteiger partial charge < -0.3 is 18.6 Å². The summed E-state index contributed by atoms with van der Waals surface area (Å²) < 4.78 is 61.4. The van der Waals surface area contributed by atoms with Crippen LogP contribution in [0, 0.1) is 6.92 Å². The molecule has 0 radical (unpaired) electrons. The van der Waals surface area contributed by atoms with Crippen LogP contribution in [0.5, 0.6) is 5.75 Å². The maximum Gasteiger partial charge on any atom is 0.416 e. The van der Waals surface area contributed by atoms with Crippen molar-refractivity contribution in [3.8, 4) is 17.2 Å². The predicted molar refractivity (Wildman–Crippen MR) is 140 cm³/mol. The summed E-state index contributed by atoms with van der Waals surface area (Å²) in [6.07, 6.45) is -0.119. The number of aromatic nitrogens is 1. The fourth-order valence-corrected chi connectivity index (χ4v) is 4.92. The van der Waals surface area contributed by atoms with Crippen molar-refractivity contribution in [1.29, 1.82) is 0 Å². The highest BCUT2D eigenvalue weighted by atomic mass is 19.4. The number of hydrogen-bond acceptors (Lipinski definition) is 6. The summed E-state index contributed by atoms with van der Waals surface area (Å²) in [4.78, 5) is 16.9. The normalized spacial score (nSPS) is 14.1. The van der Waals surface area contributed by atoms with Gasteiger partial charge in [0.05, 0.1) is 24.5 Å². The number of carbonyl (C=O) groups is 1. The highest BCUT2D eigenvalue weighted by Gasteiger charge is 2.30. The Labute approximate surface area is 226 Å². The van der Waals surface area contributed by atoms with E-state index in [1.165, 1.54) is 23.3 Å². The number of ether oxygens (including phenoxy) is 3. The van der Waals surface area contributed by atoms with Gasteiger partial charge in [0.25, 0.3) is 0 Å². The number of aryl methyl sites for hydroxylation is 1. The Morgan fingerprint density at radius 3 is 2.41 bits per heavy atom. The van der Waals surface area contributed by atoms with E-state index in [1.807, 2.05) is 19.1 Å². The van der Waals surface area contributed by atoms with Crippen LogP contribution < -0.4 is 4.74 Å². The zero-order valence-electron chi connectivity index (χ0n) is 22.5. The van der Waals surface area contributed by atoms with Crippen molar-refractivity contribution in [2.24, 2.45) is 0 Å². The van der Waals surface area contributed by atoms with Gasteiger partial charge >= 0.3 is 12.1 Å². The first-order valence-corrected chi connectivity index (χ1v) is 13.4. The van der Waals surface area contributed by atoms with Gasteiger partial charge in [0, 0.05) is 25.0 Å². The van der Waals surface area contributed by atoms with Crippen LogP contribution in [-0.2, 0) is 46.1 Å². The van der Waals surface area contributed by atoms with Crippen LogP contribution in [0.15, 0.2) is 40.8 Å². The highest BCUT2D eigenvalue weighted by Crippen LogP contribution is 2.34. The third-order valence-corrected chi connectivity index (χ3v) is 6.86. The SMILES string of the molecule is CCOC(=O)C(Cc1ccc(OCCc2nc(-c3ccc(C(F)(F)F)cc3)oc2C)c2c1CCCC2)OCC. The summed E-state index contributed by atoms with van der Waals surface area (Å²) in [5.74, 6) is 1.36. The first-order valence-electron chi connectivity index (χ1n) is 13.4. The van der Waals surface area contributed by atoms with Crippen molar-refractivity contribution >= 4 is 5.97 Å². The monoisotopic (exact) mass is 545 g/mol. The Morgan fingerprint density at radius 2 is 1.74 bits per heavy atom. The lowest BCUT2D eigenvalue weighted by Gasteiger charge is -2.24. The largest absolute Gasteiger partial charge is 0.493 e. The van der Waals surface area contributed by atoms with Crippen molar-refractivity contribution in [3.63, 3.8) is 0 Å². The van der Waals surface area contributed by atoms with Gasteiger partial charge in [0.2, 0.25) is 5.89 Å².